The zero-order valence-electron chi connectivity index (χ0n) is 14.4. The van der Waals surface area contributed by atoms with Crippen LogP contribution in [0.5, 0.6) is 5.75 Å². The van der Waals surface area contributed by atoms with Crippen LogP contribution in [-0.2, 0) is 22.7 Å². The fourth-order valence-electron chi connectivity index (χ4n) is 2.24. The lowest BCUT2D eigenvalue weighted by Crippen LogP contribution is -2.23. The van der Waals surface area contributed by atoms with Crippen LogP contribution in [0.25, 0.3) is 11.5 Å². The van der Waals surface area contributed by atoms with Gasteiger partial charge in [0, 0.05) is 12.1 Å². The molecule has 0 aliphatic heterocycles. The molecule has 0 fully saturated rings. The van der Waals surface area contributed by atoms with Gasteiger partial charge in [0.15, 0.2) is 0 Å². The Balaban J connectivity index is 1.68. The van der Waals surface area contributed by atoms with Gasteiger partial charge in [0.1, 0.15) is 5.75 Å². The Kier molecular flexibility index (Phi) is 5.38. The molecule has 7 nitrogen and oxygen atoms in total. The second-order valence-corrected chi connectivity index (χ2v) is 7.37. The third kappa shape index (κ3) is 4.49. The number of aromatic nitrogens is 2. The lowest BCUT2D eigenvalue weighted by Gasteiger charge is -2.08. The Labute approximate surface area is 158 Å². The van der Waals surface area contributed by atoms with Crippen molar-refractivity contribution in [2.24, 2.45) is 0 Å². The van der Waals surface area contributed by atoms with Crippen molar-refractivity contribution in [3.63, 3.8) is 0 Å². The van der Waals surface area contributed by atoms with Crippen LogP contribution in [0.15, 0.2) is 57.8 Å². The molecule has 0 bridgehead atoms. The van der Waals surface area contributed by atoms with E-state index in [4.69, 9.17) is 4.74 Å². The van der Waals surface area contributed by atoms with E-state index in [1.54, 1.807) is 12.1 Å². The molecule has 0 saturated heterocycles. The number of benzene rings is 2. The zero-order chi connectivity index (χ0) is 20.4. The summed E-state index contributed by atoms with van der Waals surface area (Å²) in [6.07, 6.45) is -4.72. The molecular weight excluding hydrogens is 399 g/mol. The molecule has 2 aromatic carbocycles. The fourth-order valence-corrected chi connectivity index (χ4v) is 3.25. The average Bonchev–Trinajstić information content (AvgIpc) is 3.18. The molecule has 1 aromatic heterocycles. The molecule has 1 heterocycles. The van der Waals surface area contributed by atoms with Crippen molar-refractivity contribution >= 4 is 10.0 Å². The smallest absolute Gasteiger partial charge is 0.470 e. The summed E-state index contributed by atoms with van der Waals surface area (Å²) in [5.74, 6) is -1.18. The molecule has 0 amide bonds. The van der Waals surface area contributed by atoms with Gasteiger partial charge in [0.05, 0.1) is 12.0 Å². The first kappa shape index (κ1) is 19.8. The van der Waals surface area contributed by atoms with E-state index in [0.717, 1.165) is 0 Å². The van der Waals surface area contributed by atoms with Crippen LogP contribution < -0.4 is 9.46 Å². The molecule has 0 aliphatic rings. The van der Waals surface area contributed by atoms with Gasteiger partial charge in [0.25, 0.3) is 0 Å². The predicted octanol–water partition coefficient (Wildman–Crippen LogP) is 3.24. The van der Waals surface area contributed by atoms with Crippen molar-refractivity contribution in [1.82, 2.24) is 14.9 Å². The fraction of sp³-hybridized carbons (Fsp3) is 0.176. The third-order valence-corrected chi connectivity index (χ3v) is 5.12. The van der Waals surface area contributed by atoms with E-state index < -0.39 is 22.1 Å². The summed E-state index contributed by atoms with van der Waals surface area (Å²) in [7, 11) is -2.25. The summed E-state index contributed by atoms with van der Waals surface area (Å²) in [5.41, 5.74) is 0.876. The number of nitrogens with one attached hydrogen (secondary N) is 1. The Morgan fingerprint density at radius 3 is 2.21 bits per heavy atom. The number of alkyl halides is 3. The van der Waals surface area contributed by atoms with Crippen LogP contribution in [-0.4, -0.2) is 25.7 Å². The molecular formula is C17H14F3N3O4S. The molecule has 28 heavy (non-hydrogen) atoms. The highest BCUT2D eigenvalue weighted by Gasteiger charge is 2.38. The second kappa shape index (κ2) is 7.60. The second-order valence-electron chi connectivity index (χ2n) is 5.61. The number of rotatable bonds is 6. The van der Waals surface area contributed by atoms with Gasteiger partial charge in [-0.3, -0.25) is 0 Å². The van der Waals surface area contributed by atoms with E-state index in [1.807, 2.05) is 0 Å². The van der Waals surface area contributed by atoms with Gasteiger partial charge in [-0.25, -0.2) is 13.1 Å². The number of sulfonamides is 1. The highest BCUT2D eigenvalue weighted by Crippen LogP contribution is 2.30. The molecule has 0 saturated carbocycles. The van der Waals surface area contributed by atoms with Crippen molar-refractivity contribution < 1.29 is 30.7 Å². The van der Waals surface area contributed by atoms with Gasteiger partial charge in [-0.15, -0.1) is 10.2 Å². The van der Waals surface area contributed by atoms with Crippen LogP contribution in [0.3, 0.4) is 0 Å². The summed E-state index contributed by atoms with van der Waals surface area (Å²) >= 11 is 0. The van der Waals surface area contributed by atoms with Crippen LogP contribution in [0.2, 0.25) is 0 Å². The molecule has 0 radical (unpaired) electrons. The Hall–Kier alpha value is -2.92. The number of hydrogen-bond acceptors (Lipinski definition) is 6. The summed E-state index contributed by atoms with van der Waals surface area (Å²) in [4.78, 5) is 0.0791. The van der Waals surface area contributed by atoms with Gasteiger partial charge in [-0.1, -0.05) is 12.1 Å². The SMILES string of the molecule is COc1ccc(S(=O)(=O)NCc2ccc(-c3nnc(C(F)(F)F)o3)cc2)cc1. The number of ether oxygens (including phenoxy) is 1. The van der Waals surface area contributed by atoms with E-state index in [0.29, 0.717) is 11.3 Å². The van der Waals surface area contributed by atoms with Crippen molar-refractivity contribution in [2.75, 3.05) is 7.11 Å². The summed E-state index contributed by atoms with van der Waals surface area (Å²) in [5, 5.41) is 6.32. The average molecular weight is 413 g/mol. The maximum Gasteiger partial charge on any atom is 0.470 e. The summed E-state index contributed by atoms with van der Waals surface area (Å²) < 4.78 is 74.1. The first-order chi connectivity index (χ1) is 13.2. The van der Waals surface area contributed by atoms with Crippen molar-refractivity contribution in [2.45, 2.75) is 17.6 Å². The number of methoxy groups -OCH3 is 1. The van der Waals surface area contributed by atoms with Gasteiger partial charge in [-0.05, 0) is 42.0 Å². The highest BCUT2D eigenvalue weighted by molar-refractivity contribution is 7.89. The van der Waals surface area contributed by atoms with E-state index >= 15 is 0 Å². The molecule has 0 atom stereocenters. The minimum absolute atomic E-state index is 0.00766. The summed E-state index contributed by atoms with van der Waals surface area (Å²) in [6, 6.07) is 11.9. The van der Waals surface area contributed by atoms with E-state index in [9.17, 15) is 21.6 Å². The van der Waals surface area contributed by atoms with Gasteiger partial charge < -0.3 is 9.15 Å². The largest absolute Gasteiger partial charge is 0.497 e. The quantitative estimate of drug-likeness (QED) is 0.667. The molecule has 11 heteroatoms. The number of hydrogen-bond donors (Lipinski definition) is 1. The predicted molar refractivity (Wildman–Crippen MR) is 91.8 cm³/mol. The molecule has 1 N–H and O–H groups in total. The van der Waals surface area contributed by atoms with E-state index in [1.165, 1.54) is 43.5 Å². The van der Waals surface area contributed by atoms with Crippen LogP contribution >= 0.6 is 0 Å². The first-order valence-corrected chi connectivity index (χ1v) is 9.31. The van der Waals surface area contributed by atoms with Crippen LogP contribution in [0.4, 0.5) is 13.2 Å². The normalized spacial score (nSPS) is 12.1. The van der Waals surface area contributed by atoms with Crippen molar-refractivity contribution in [3.8, 4) is 17.2 Å². The summed E-state index contributed by atoms with van der Waals surface area (Å²) in [6.45, 7) is -0.00766. The zero-order valence-corrected chi connectivity index (χ0v) is 15.2. The van der Waals surface area contributed by atoms with Crippen molar-refractivity contribution in [3.05, 3.63) is 60.0 Å². The lowest BCUT2D eigenvalue weighted by molar-refractivity contribution is -0.156. The topological polar surface area (TPSA) is 94.3 Å². The molecule has 0 spiro atoms. The molecule has 3 rings (SSSR count). The minimum Gasteiger partial charge on any atom is -0.497 e. The first-order valence-electron chi connectivity index (χ1n) is 7.83. The maximum atomic E-state index is 12.5. The standard InChI is InChI=1S/C17H14F3N3O4S/c1-26-13-6-8-14(9-7-13)28(24,25)21-10-11-2-4-12(5-3-11)15-22-23-16(27-15)17(18,19)20/h2-9,21H,10H2,1H3. The highest BCUT2D eigenvalue weighted by atomic mass is 32.2. The Morgan fingerprint density at radius 1 is 1.04 bits per heavy atom. The van der Waals surface area contributed by atoms with Gasteiger partial charge >= 0.3 is 12.1 Å². The van der Waals surface area contributed by atoms with E-state index in [2.05, 4.69) is 19.3 Å². The molecule has 3 aromatic rings. The van der Waals surface area contributed by atoms with Gasteiger partial charge in [-0.2, -0.15) is 13.2 Å². The van der Waals surface area contributed by atoms with Gasteiger partial charge in [0.2, 0.25) is 15.9 Å². The third-order valence-electron chi connectivity index (χ3n) is 3.70. The molecule has 0 aliphatic carbocycles. The van der Waals surface area contributed by atoms with E-state index in [-0.39, 0.29) is 22.9 Å². The van der Waals surface area contributed by atoms with Crippen LogP contribution in [0, 0.1) is 0 Å². The Morgan fingerprint density at radius 2 is 1.68 bits per heavy atom. The molecule has 148 valence electrons. The molecule has 0 unspecified atom stereocenters. The number of nitrogens with zero attached hydrogens (tertiary/aromatic N) is 2. The van der Waals surface area contributed by atoms with Crippen molar-refractivity contribution in [1.29, 1.82) is 0 Å². The Bertz CT molecular complexity index is 1050. The minimum atomic E-state index is -4.72. The maximum absolute atomic E-state index is 12.5. The number of halogens is 3. The monoisotopic (exact) mass is 413 g/mol. The lowest BCUT2D eigenvalue weighted by atomic mass is 10.1. The van der Waals surface area contributed by atoms with Crippen LogP contribution in [0.1, 0.15) is 11.5 Å².